The SMILES string of the molecule is CC1(C)S[C@@H]2C(NC(=O)Cc3ccccc3)C(=O)N2[C@H]1C(=O)OCC(Cl)(Cl)Cl. The average molecular weight is 466 g/mol. The summed E-state index contributed by atoms with van der Waals surface area (Å²) >= 11 is 18.3. The van der Waals surface area contributed by atoms with Crippen molar-refractivity contribution in [2.45, 2.75) is 46.3 Å². The van der Waals surface area contributed by atoms with Crippen molar-refractivity contribution in [2.75, 3.05) is 6.61 Å². The molecule has 0 saturated carbocycles. The van der Waals surface area contributed by atoms with Gasteiger partial charge in [0.05, 0.1) is 6.42 Å². The van der Waals surface area contributed by atoms with Gasteiger partial charge in [-0.05, 0) is 19.4 Å². The summed E-state index contributed by atoms with van der Waals surface area (Å²) in [6, 6.07) is 7.77. The molecule has 2 amide bonds. The van der Waals surface area contributed by atoms with Gasteiger partial charge in [0.15, 0.2) is 0 Å². The lowest BCUT2D eigenvalue weighted by atomic mass is 9.96. The lowest BCUT2D eigenvalue weighted by Gasteiger charge is -2.44. The number of halogens is 3. The number of hydrogen-bond acceptors (Lipinski definition) is 5. The Labute approximate surface area is 182 Å². The van der Waals surface area contributed by atoms with Gasteiger partial charge in [-0.1, -0.05) is 65.1 Å². The molecule has 0 aromatic heterocycles. The maximum Gasteiger partial charge on any atom is 0.330 e. The molecule has 0 radical (unpaired) electrons. The minimum atomic E-state index is -1.72. The summed E-state index contributed by atoms with van der Waals surface area (Å²) in [6.07, 6.45) is 0.181. The van der Waals surface area contributed by atoms with Gasteiger partial charge in [-0.25, -0.2) is 4.79 Å². The van der Waals surface area contributed by atoms with Crippen LogP contribution in [0.4, 0.5) is 0 Å². The highest BCUT2D eigenvalue weighted by molar-refractivity contribution is 8.01. The van der Waals surface area contributed by atoms with Crippen LogP contribution in [0.5, 0.6) is 0 Å². The van der Waals surface area contributed by atoms with Gasteiger partial charge in [0.2, 0.25) is 15.6 Å². The first-order valence-electron chi connectivity index (χ1n) is 8.56. The predicted molar refractivity (Wildman–Crippen MR) is 109 cm³/mol. The lowest BCUT2D eigenvalue weighted by molar-refractivity contribution is -0.164. The number of amides is 2. The first-order chi connectivity index (χ1) is 13.0. The molecular formula is C18H19Cl3N2O4S. The Morgan fingerprint density at radius 2 is 1.89 bits per heavy atom. The van der Waals surface area contributed by atoms with E-state index in [-0.39, 0.29) is 23.6 Å². The van der Waals surface area contributed by atoms with Crippen LogP contribution in [0.25, 0.3) is 0 Å². The molecule has 1 aromatic carbocycles. The van der Waals surface area contributed by atoms with Gasteiger partial charge in [-0.15, -0.1) is 11.8 Å². The fraction of sp³-hybridized carbons (Fsp3) is 0.500. The first-order valence-corrected chi connectivity index (χ1v) is 10.6. The Balaban J connectivity index is 1.64. The van der Waals surface area contributed by atoms with Crippen molar-refractivity contribution in [3.05, 3.63) is 35.9 Å². The molecule has 2 fully saturated rings. The van der Waals surface area contributed by atoms with E-state index in [1.54, 1.807) is 0 Å². The Hall–Kier alpha value is -1.15. The molecule has 0 aliphatic carbocycles. The standard InChI is InChI=1S/C18H19Cl3N2O4S/c1-17(2)13(16(26)27-9-18(19,20)21)23-14(25)12(15(23)28-17)22-11(24)8-10-6-4-3-5-7-10/h3-7,12-13,15H,8-9H2,1-2H3,(H,22,24)/t12?,13-,15+/m0/s1. The average Bonchev–Trinajstić information content (AvgIpc) is 2.86. The van der Waals surface area contributed by atoms with Crippen LogP contribution in [-0.4, -0.2) is 55.3 Å². The third-order valence-corrected chi connectivity index (χ3v) is 6.47. The topological polar surface area (TPSA) is 75.7 Å². The predicted octanol–water partition coefficient (Wildman–Crippen LogP) is 2.69. The third kappa shape index (κ3) is 4.53. The molecule has 0 bridgehead atoms. The number of carbonyl (C=O) groups is 3. The number of carbonyl (C=O) groups excluding carboxylic acids is 3. The van der Waals surface area contributed by atoms with Crippen molar-refractivity contribution < 1.29 is 19.1 Å². The lowest BCUT2D eigenvalue weighted by Crippen LogP contribution is -2.70. The van der Waals surface area contributed by atoms with E-state index in [0.29, 0.717) is 0 Å². The van der Waals surface area contributed by atoms with E-state index in [2.05, 4.69) is 5.32 Å². The number of thioether (sulfide) groups is 1. The van der Waals surface area contributed by atoms with Crippen molar-refractivity contribution in [3.8, 4) is 0 Å². The monoisotopic (exact) mass is 464 g/mol. The van der Waals surface area contributed by atoms with E-state index in [4.69, 9.17) is 39.5 Å². The van der Waals surface area contributed by atoms with Crippen molar-refractivity contribution in [3.63, 3.8) is 0 Å². The maximum atomic E-state index is 12.6. The minimum Gasteiger partial charge on any atom is -0.460 e. The highest BCUT2D eigenvalue weighted by atomic mass is 35.6. The van der Waals surface area contributed by atoms with Crippen LogP contribution >= 0.6 is 46.6 Å². The number of alkyl halides is 3. The zero-order valence-corrected chi connectivity index (χ0v) is 18.2. The second kappa shape index (κ2) is 7.94. The van der Waals surface area contributed by atoms with E-state index >= 15 is 0 Å². The summed E-state index contributed by atoms with van der Waals surface area (Å²) in [5.74, 6) is -1.20. The second-order valence-corrected chi connectivity index (χ2v) is 11.5. The zero-order valence-electron chi connectivity index (χ0n) is 15.2. The molecule has 2 heterocycles. The van der Waals surface area contributed by atoms with Gasteiger partial charge < -0.3 is 15.0 Å². The van der Waals surface area contributed by atoms with Crippen molar-refractivity contribution in [1.82, 2.24) is 10.2 Å². The minimum absolute atomic E-state index is 0.181. The van der Waals surface area contributed by atoms with Crippen molar-refractivity contribution in [1.29, 1.82) is 0 Å². The molecule has 3 rings (SSSR count). The fourth-order valence-electron chi connectivity index (χ4n) is 3.36. The van der Waals surface area contributed by atoms with E-state index in [1.165, 1.54) is 16.7 Å². The molecule has 2 saturated heterocycles. The number of benzene rings is 1. The van der Waals surface area contributed by atoms with Crippen LogP contribution < -0.4 is 5.32 Å². The van der Waals surface area contributed by atoms with Crippen LogP contribution in [0.15, 0.2) is 30.3 Å². The largest absolute Gasteiger partial charge is 0.460 e. The number of ether oxygens (including phenoxy) is 1. The van der Waals surface area contributed by atoms with Gasteiger partial charge in [0.1, 0.15) is 24.1 Å². The second-order valence-electron chi connectivity index (χ2n) is 7.19. The Morgan fingerprint density at radius 3 is 2.50 bits per heavy atom. The quantitative estimate of drug-likeness (QED) is 0.411. The molecule has 6 nitrogen and oxygen atoms in total. The molecule has 3 atom stereocenters. The van der Waals surface area contributed by atoms with Crippen LogP contribution in [0.2, 0.25) is 0 Å². The van der Waals surface area contributed by atoms with Gasteiger partial charge >= 0.3 is 5.97 Å². The number of hydrogen-bond donors (Lipinski definition) is 1. The van der Waals surface area contributed by atoms with Gasteiger partial charge in [-0.2, -0.15) is 0 Å². The highest BCUT2D eigenvalue weighted by Gasteiger charge is 2.64. The van der Waals surface area contributed by atoms with E-state index < -0.39 is 33.2 Å². The number of fused-ring (bicyclic) bond motifs is 1. The summed E-state index contributed by atoms with van der Waals surface area (Å²) in [5, 5.41) is 2.43. The zero-order chi connectivity index (χ0) is 20.7. The van der Waals surface area contributed by atoms with Crippen LogP contribution in [0.1, 0.15) is 19.4 Å². The summed E-state index contributed by atoms with van der Waals surface area (Å²) in [5.41, 5.74) is 0.858. The van der Waals surface area contributed by atoms with Crippen LogP contribution in [0, 0.1) is 0 Å². The molecule has 152 valence electrons. The molecule has 2 aliphatic heterocycles. The first kappa shape index (κ1) is 21.6. The molecule has 10 heteroatoms. The molecule has 2 aliphatic rings. The summed E-state index contributed by atoms with van der Waals surface area (Å²) < 4.78 is 2.76. The molecule has 0 spiro atoms. The number of esters is 1. The van der Waals surface area contributed by atoms with Gasteiger partial charge in [0.25, 0.3) is 0 Å². The summed E-state index contributed by atoms with van der Waals surface area (Å²) in [7, 11) is 0. The number of β-lactam (4-membered cyclic amide) rings is 1. The summed E-state index contributed by atoms with van der Waals surface area (Å²) in [6.45, 7) is 3.28. The summed E-state index contributed by atoms with van der Waals surface area (Å²) in [4.78, 5) is 38.9. The van der Waals surface area contributed by atoms with E-state index in [9.17, 15) is 14.4 Å². The number of nitrogens with one attached hydrogen (secondary N) is 1. The Kier molecular flexibility index (Phi) is 6.11. The van der Waals surface area contributed by atoms with Gasteiger partial charge in [-0.3, -0.25) is 9.59 Å². The molecule has 1 unspecified atom stereocenters. The van der Waals surface area contributed by atoms with Crippen molar-refractivity contribution >= 4 is 64.3 Å². The smallest absolute Gasteiger partial charge is 0.330 e. The molecule has 1 N–H and O–H groups in total. The fourth-order valence-corrected chi connectivity index (χ4v) is 5.15. The normalized spacial score (nSPS) is 25.7. The number of rotatable bonds is 5. The third-order valence-electron chi connectivity index (χ3n) is 4.57. The maximum absolute atomic E-state index is 12.6. The van der Waals surface area contributed by atoms with Crippen molar-refractivity contribution in [2.24, 2.45) is 0 Å². The van der Waals surface area contributed by atoms with E-state index in [1.807, 2.05) is 44.2 Å². The molecular weight excluding hydrogens is 447 g/mol. The van der Waals surface area contributed by atoms with E-state index in [0.717, 1.165) is 5.56 Å². The highest BCUT2D eigenvalue weighted by Crippen LogP contribution is 2.51. The number of nitrogens with zero attached hydrogens (tertiary/aromatic N) is 1. The van der Waals surface area contributed by atoms with Gasteiger partial charge in [0, 0.05) is 4.75 Å². The Morgan fingerprint density at radius 1 is 1.25 bits per heavy atom. The van der Waals surface area contributed by atoms with Crippen LogP contribution in [0.3, 0.4) is 0 Å². The molecule has 1 aromatic rings. The van der Waals surface area contributed by atoms with Crippen LogP contribution in [-0.2, 0) is 25.5 Å². The Bertz CT molecular complexity index is 785. The molecule has 28 heavy (non-hydrogen) atoms.